The number of carbonyl (C=O) groups excluding carboxylic acids is 2. The molecule has 1 aromatic rings. The van der Waals surface area contributed by atoms with Gasteiger partial charge in [0.1, 0.15) is 6.67 Å². The van der Waals surface area contributed by atoms with Crippen LogP contribution < -0.4 is 5.32 Å². The van der Waals surface area contributed by atoms with Crippen molar-refractivity contribution in [1.82, 2.24) is 5.32 Å². The summed E-state index contributed by atoms with van der Waals surface area (Å²) >= 11 is 10.9. The summed E-state index contributed by atoms with van der Waals surface area (Å²) in [4.78, 5) is 22.1. The summed E-state index contributed by atoms with van der Waals surface area (Å²) in [7, 11) is -3.45. The second kappa shape index (κ2) is 10.7. The Labute approximate surface area is 167 Å². The van der Waals surface area contributed by atoms with Crippen LogP contribution in [0.4, 0.5) is 9.18 Å². The van der Waals surface area contributed by atoms with Gasteiger partial charge in [-0.3, -0.25) is 4.79 Å². The maximum absolute atomic E-state index is 13.6. The molecular weight excluding hydrogens is 424 g/mol. The van der Waals surface area contributed by atoms with E-state index in [1.165, 1.54) is 24.3 Å². The highest BCUT2D eigenvalue weighted by molar-refractivity contribution is 7.90. The van der Waals surface area contributed by atoms with Crippen molar-refractivity contribution in [3.05, 3.63) is 29.8 Å². The van der Waals surface area contributed by atoms with Crippen molar-refractivity contribution in [3.8, 4) is 0 Å². The van der Waals surface area contributed by atoms with Crippen LogP contribution in [0.1, 0.15) is 25.0 Å². The lowest BCUT2D eigenvalue weighted by Gasteiger charge is -2.26. The first kappa shape index (κ1) is 23.5. The highest BCUT2D eigenvalue weighted by atomic mass is 35.5. The van der Waals surface area contributed by atoms with Gasteiger partial charge in [-0.05, 0) is 24.1 Å². The van der Waals surface area contributed by atoms with E-state index >= 15 is 0 Å². The second-order valence-corrected chi connectivity index (χ2v) is 8.66. The average molecular weight is 444 g/mol. The van der Waals surface area contributed by atoms with Gasteiger partial charge in [0.05, 0.1) is 17.5 Å². The molecule has 7 nitrogen and oxygen atoms in total. The number of hydrogen-bond donors (Lipinski definition) is 1. The summed E-state index contributed by atoms with van der Waals surface area (Å²) in [5.41, 5.74) is 0.250. The molecule has 0 aromatic heterocycles. The molecule has 1 N–H and O–H groups in total. The quantitative estimate of drug-likeness (QED) is 0.465. The number of alkyl halides is 3. The number of sulfone groups is 1. The molecule has 1 amide bonds. The Balaban J connectivity index is 3.15. The third kappa shape index (κ3) is 7.51. The molecule has 2 atom stereocenters. The number of benzene rings is 1. The summed E-state index contributed by atoms with van der Waals surface area (Å²) in [6.07, 6.45) is -0.769. The van der Waals surface area contributed by atoms with Crippen molar-refractivity contribution < 1.29 is 31.9 Å². The van der Waals surface area contributed by atoms with E-state index in [0.717, 1.165) is 6.26 Å². The molecule has 152 valence electrons. The van der Waals surface area contributed by atoms with Gasteiger partial charge in [-0.25, -0.2) is 17.6 Å². The SMILES string of the molecule is CCCOC(=O)O[C@H](c1ccc(S(C)(=O)=O)cc1)[C@@H](CF)NC(=O)C(Cl)Cl. The molecule has 1 rings (SSSR count). The van der Waals surface area contributed by atoms with Crippen LogP contribution in [0, 0.1) is 0 Å². The third-order valence-corrected chi connectivity index (χ3v) is 4.87. The lowest BCUT2D eigenvalue weighted by molar-refractivity contribution is -0.121. The molecule has 0 aliphatic heterocycles. The molecule has 0 aliphatic rings. The topological polar surface area (TPSA) is 98.8 Å². The molecule has 0 radical (unpaired) electrons. The van der Waals surface area contributed by atoms with Gasteiger partial charge in [0.2, 0.25) is 0 Å². The number of rotatable bonds is 9. The molecule has 0 bridgehead atoms. The summed E-state index contributed by atoms with van der Waals surface area (Å²) in [6, 6.07) is 3.95. The largest absolute Gasteiger partial charge is 0.508 e. The van der Waals surface area contributed by atoms with Crippen molar-refractivity contribution in [2.75, 3.05) is 19.5 Å². The van der Waals surface area contributed by atoms with Crippen LogP contribution in [0.2, 0.25) is 0 Å². The average Bonchev–Trinajstić information content (AvgIpc) is 2.61. The summed E-state index contributed by atoms with van der Waals surface area (Å²) in [5.74, 6) is -0.871. The third-order valence-electron chi connectivity index (χ3n) is 3.34. The van der Waals surface area contributed by atoms with Crippen molar-refractivity contribution in [1.29, 1.82) is 0 Å². The molecule has 1 aromatic carbocycles. The van der Waals surface area contributed by atoms with Crippen LogP contribution in [0.15, 0.2) is 29.2 Å². The zero-order valence-corrected chi connectivity index (χ0v) is 17.0. The highest BCUT2D eigenvalue weighted by Crippen LogP contribution is 2.25. The number of halogens is 3. The lowest BCUT2D eigenvalue weighted by Crippen LogP contribution is -2.44. The zero-order chi connectivity index (χ0) is 20.6. The van der Waals surface area contributed by atoms with E-state index in [0.29, 0.717) is 6.42 Å². The number of hydrogen-bond acceptors (Lipinski definition) is 6. The molecule has 27 heavy (non-hydrogen) atoms. The molecule has 0 heterocycles. The molecule has 0 saturated carbocycles. The Morgan fingerprint density at radius 1 is 1.22 bits per heavy atom. The summed E-state index contributed by atoms with van der Waals surface area (Å²) < 4.78 is 46.7. The van der Waals surface area contributed by atoms with Gasteiger partial charge >= 0.3 is 6.16 Å². The number of amides is 1. The molecule has 0 fully saturated rings. The summed E-state index contributed by atoms with van der Waals surface area (Å²) in [6.45, 7) is 0.767. The lowest BCUT2D eigenvalue weighted by atomic mass is 10.0. The fraction of sp³-hybridized carbons (Fsp3) is 0.500. The Hall–Kier alpha value is -1.58. The standard InChI is InChI=1S/C16H20Cl2FNO6S/c1-3-8-25-16(22)26-13(12(9-19)20-15(21)14(17)18)10-4-6-11(7-5-10)27(2,23)24/h4-7,12-14H,3,8-9H2,1-2H3,(H,20,21)/t12-,13-/m1/s1. The Kier molecular flexibility index (Phi) is 9.28. The van der Waals surface area contributed by atoms with Crippen molar-refractivity contribution in [2.45, 2.75) is 35.2 Å². The van der Waals surface area contributed by atoms with E-state index in [1.54, 1.807) is 6.92 Å². The van der Waals surface area contributed by atoms with Crippen LogP contribution >= 0.6 is 23.2 Å². The normalized spacial score (nSPS) is 13.7. The van der Waals surface area contributed by atoms with Crippen molar-refractivity contribution >= 4 is 45.1 Å². The van der Waals surface area contributed by atoms with Gasteiger partial charge in [-0.15, -0.1) is 0 Å². The van der Waals surface area contributed by atoms with Crippen molar-refractivity contribution in [2.24, 2.45) is 0 Å². The minimum atomic E-state index is -3.45. The second-order valence-electron chi connectivity index (χ2n) is 5.55. The van der Waals surface area contributed by atoms with Crippen molar-refractivity contribution in [3.63, 3.8) is 0 Å². The van der Waals surface area contributed by atoms with Gasteiger partial charge in [0.15, 0.2) is 20.8 Å². The van der Waals surface area contributed by atoms with Gasteiger partial charge in [0.25, 0.3) is 5.91 Å². The number of carbonyl (C=O) groups is 2. The van der Waals surface area contributed by atoms with Gasteiger partial charge in [0, 0.05) is 6.26 Å². The number of ether oxygens (including phenoxy) is 2. The molecule has 0 unspecified atom stereocenters. The summed E-state index contributed by atoms with van der Waals surface area (Å²) in [5, 5.41) is 2.24. The van der Waals surface area contributed by atoms with E-state index < -0.39 is 45.6 Å². The predicted octanol–water partition coefficient (Wildman–Crippen LogP) is 2.95. The van der Waals surface area contributed by atoms with E-state index in [1.807, 2.05) is 0 Å². The zero-order valence-electron chi connectivity index (χ0n) is 14.7. The first-order valence-corrected chi connectivity index (χ1v) is 10.6. The Morgan fingerprint density at radius 3 is 2.26 bits per heavy atom. The monoisotopic (exact) mass is 443 g/mol. The van der Waals surface area contributed by atoms with E-state index in [-0.39, 0.29) is 17.1 Å². The minimum absolute atomic E-state index is 0.0287. The predicted molar refractivity (Wildman–Crippen MR) is 98.4 cm³/mol. The highest BCUT2D eigenvalue weighted by Gasteiger charge is 2.31. The molecule has 0 spiro atoms. The van der Waals surface area contributed by atoms with Crippen LogP contribution in [0.3, 0.4) is 0 Å². The van der Waals surface area contributed by atoms with Gasteiger partial charge in [-0.2, -0.15) is 0 Å². The smallest absolute Gasteiger partial charge is 0.434 e. The van der Waals surface area contributed by atoms with E-state index in [4.69, 9.17) is 32.7 Å². The maximum atomic E-state index is 13.6. The molecule has 11 heteroatoms. The first-order valence-electron chi connectivity index (χ1n) is 7.88. The van der Waals surface area contributed by atoms with Crippen LogP contribution in [0.5, 0.6) is 0 Å². The fourth-order valence-electron chi connectivity index (χ4n) is 2.05. The van der Waals surface area contributed by atoms with Crippen LogP contribution in [-0.4, -0.2) is 50.9 Å². The molecule has 0 aliphatic carbocycles. The minimum Gasteiger partial charge on any atom is -0.434 e. The van der Waals surface area contributed by atoms with Crippen LogP contribution in [0.25, 0.3) is 0 Å². The van der Waals surface area contributed by atoms with Gasteiger partial charge < -0.3 is 14.8 Å². The van der Waals surface area contributed by atoms with Gasteiger partial charge in [-0.1, -0.05) is 42.3 Å². The Bertz CT molecular complexity index is 742. The molecular formula is C16H20Cl2FNO6S. The van der Waals surface area contributed by atoms with Crippen LogP contribution in [-0.2, 0) is 24.1 Å². The Morgan fingerprint density at radius 2 is 1.81 bits per heavy atom. The number of nitrogens with one attached hydrogen (secondary N) is 1. The molecule has 0 saturated heterocycles. The van der Waals surface area contributed by atoms with E-state index in [2.05, 4.69) is 5.32 Å². The van der Waals surface area contributed by atoms with E-state index in [9.17, 15) is 22.4 Å². The fourth-order valence-corrected chi connectivity index (χ4v) is 2.81. The first-order chi connectivity index (χ1) is 12.6. The maximum Gasteiger partial charge on any atom is 0.508 e.